The quantitative estimate of drug-likeness (QED) is 0.516. The van der Waals surface area contributed by atoms with E-state index < -0.39 is 0 Å². The predicted molar refractivity (Wildman–Crippen MR) is 115 cm³/mol. The van der Waals surface area contributed by atoms with Gasteiger partial charge in [0, 0.05) is 28.3 Å². The van der Waals surface area contributed by atoms with Crippen molar-refractivity contribution in [1.29, 1.82) is 0 Å². The highest BCUT2D eigenvalue weighted by Crippen LogP contribution is 2.31. The van der Waals surface area contributed by atoms with Gasteiger partial charge in [0.25, 0.3) is 5.91 Å². The molecule has 5 nitrogen and oxygen atoms in total. The minimum absolute atomic E-state index is 0.195. The number of fused-ring (bicyclic) bond motifs is 1. The molecule has 4 rings (SSSR count). The monoisotopic (exact) mass is 384 g/mol. The van der Waals surface area contributed by atoms with Gasteiger partial charge >= 0.3 is 0 Å². The average molecular weight is 384 g/mol. The Morgan fingerprint density at radius 2 is 1.62 bits per heavy atom. The summed E-state index contributed by atoms with van der Waals surface area (Å²) in [4.78, 5) is 17.3. The van der Waals surface area contributed by atoms with Gasteiger partial charge in [-0.25, -0.2) is 4.98 Å². The van der Waals surface area contributed by atoms with Crippen LogP contribution >= 0.6 is 0 Å². The largest absolute Gasteiger partial charge is 0.497 e. The Hall–Kier alpha value is -3.86. The van der Waals surface area contributed by atoms with E-state index in [-0.39, 0.29) is 5.91 Å². The molecule has 1 heterocycles. The minimum atomic E-state index is -0.195. The van der Waals surface area contributed by atoms with Crippen LogP contribution in [0.4, 0.5) is 5.69 Å². The standard InChI is InChI=1S/C24H20N2O3/c1-28-19-11-8-17(9-12-19)24(27)25-18-10-13-21-20(14-18)23(29-2)15-22(26-21)16-6-4-3-5-7-16/h3-15H,1-2H3,(H,25,27). The van der Waals surface area contributed by atoms with Crippen molar-refractivity contribution in [3.8, 4) is 22.8 Å². The lowest BCUT2D eigenvalue weighted by Crippen LogP contribution is -2.11. The third-order valence-electron chi connectivity index (χ3n) is 4.67. The van der Waals surface area contributed by atoms with E-state index in [2.05, 4.69) is 5.32 Å². The summed E-state index contributed by atoms with van der Waals surface area (Å²) in [6.07, 6.45) is 0. The van der Waals surface area contributed by atoms with E-state index >= 15 is 0 Å². The van der Waals surface area contributed by atoms with E-state index in [0.717, 1.165) is 22.2 Å². The van der Waals surface area contributed by atoms with Crippen LogP contribution in [-0.4, -0.2) is 25.1 Å². The van der Waals surface area contributed by atoms with Crippen LogP contribution in [0.1, 0.15) is 10.4 Å². The SMILES string of the molecule is COc1ccc(C(=O)Nc2ccc3nc(-c4ccccc4)cc(OC)c3c2)cc1. The molecule has 0 aliphatic carbocycles. The van der Waals surface area contributed by atoms with E-state index in [1.54, 1.807) is 38.5 Å². The molecule has 0 spiro atoms. The number of hydrogen-bond acceptors (Lipinski definition) is 4. The van der Waals surface area contributed by atoms with Gasteiger partial charge in [-0.05, 0) is 42.5 Å². The molecule has 0 radical (unpaired) electrons. The van der Waals surface area contributed by atoms with Gasteiger partial charge in [0.1, 0.15) is 11.5 Å². The Kier molecular flexibility index (Phi) is 5.12. The summed E-state index contributed by atoms with van der Waals surface area (Å²) in [5, 5.41) is 3.76. The molecule has 1 aromatic heterocycles. The van der Waals surface area contributed by atoms with Crippen LogP contribution in [0.3, 0.4) is 0 Å². The summed E-state index contributed by atoms with van der Waals surface area (Å²) >= 11 is 0. The second-order valence-corrected chi connectivity index (χ2v) is 6.49. The lowest BCUT2D eigenvalue weighted by atomic mass is 10.1. The molecule has 5 heteroatoms. The van der Waals surface area contributed by atoms with Crippen LogP contribution in [0.2, 0.25) is 0 Å². The van der Waals surface area contributed by atoms with E-state index in [9.17, 15) is 4.79 Å². The van der Waals surface area contributed by atoms with Crippen molar-refractivity contribution in [2.24, 2.45) is 0 Å². The van der Waals surface area contributed by atoms with Crippen molar-refractivity contribution in [3.63, 3.8) is 0 Å². The van der Waals surface area contributed by atoms with E-state index in [1.165, 1.54) is 0 Å². The highest BCUT2D eigenvalue weighted by molar-refractivity contribution is 6.05. The lowest BCUT2D eigenvalue weighted by molar-refractivity contribution is 0.102. The molecule has 144 valence electrons. The molecular formula is C24H20N2O3. The van der Waals surface area contributed by atoms with Gasteiger partial charge in [-0.1, -0.05) is 30.3 Å². The predicted octanol–water partition coefficient (Wildman–Crippen LogP) is 5.17. The normalized spacial score (nSPS) is 10.6. The highest BCUT2D eigenvalue weighted by atomic mass is 16.5. The van der Waals surface area contributed by atoms with Crippen LogP contribution in [0, 0.1) is 0 Å². The second kappa shape index (κ2) is 8.02. The molecule has 0 bridgehead atoms. The molecule has 0 aliphatic rings. The Labute approximate surface area is 168 Å². The minimum Gasteiger partial charge on any atom is -0.497 e. The number of nitrogens with zero attached hydrogens (tertiary/aromatic N) is 1. The first-order valence-corrected chi connectivity index (χ1v) is 9.17. The van der Waals surface area contributed by atoms with Gasteiger partial charge in [0.15, 0.2) is 0 Å². The van der Waals surface area contributed by atoms with Crippen molar-refractivity contribution in [1.82, 2.24) is 4.98 Å². The van der Waals surface area contributed by atoms with Crippen molar-refractivity contribution < 1.29 is 14.3 Å². The molecule has 0 aliphatic heterocycles. The lowest BCUT2D eigenvalue weighted by Gasteiger charge is -2.11. The fraction of sp³-hybridized carbons (Fsp3) is 0.0833. The molecule has 1 N–H and O–H groups in total. The molecule has 0 unspecified atom stereocenters. The van der Waals surface area contributed by atoms with Gasteiger partial charge in [-0.15, -0.1) is 0 Å². The molecule has 1 amide bonds. The number of benzene rings is 3. The number of carbonyl (C=O) groups is 1. The van der Waals surface area contributed by atoms with Crippen LogP contribution in [0.15, 0.2) is 78.9 Å². The molecule has 0 saturated heterocycles. The molecule has 3 aromatic carbocycles. The van der Waals surface area contributed by atoms with E-state index in [0.29, 0.717) is 22.7 Å². The number of methoxy groups -OCH3 is 2. The van der Waals surface area contributed by atoms with Crippen molar-refractivity contribution in [2.75, 3.05) is 19.5 Å². The summed E-state index contributed by atoms with van der Waals surface area (Å²) in [6, 6.07) is 24.4. The Balaban J connectivity index is 1.65. The molecular weight excluding hydrogens is 364 g/mol. The van der Waals surface area contributed by atoms with Crippen LogP contribution in [0.5, 0.6) is 11.5 Å². The molecule has 0 atom stereocenters. The Morgan fingerprint density at radius 1 is 0.862 bits per heavy atom. The van der Waals surface area contributed by atoms with Crippen LogP contribution in [0.25, 0.3) is 22.2 Å². The fourth-order valence-electron chi connectivity index (χ4n) is 3.14. The first-order chi connectivity index (χ1) is 14.2. The van der Waals surface area contributed by atoms with Gasteiger partial charge in [-0.3, -0.25) is 4.79 Å². The number of nitrogens with one attached hydrogen (secondary N) is 1. The highest BCUT2D eigenvalue weighted by Gasteiger charge is 2.11. The zero-order valence-electron chi connectivity index (χ0n) is 16.2. The molecule has 0 saturated carbocycles. The average Bonchev–Trinajstić information content (AvgIpc) is 2.79. The summed E-state index contributed by atoms with van der Waals surface area (Å²) in [6.45, 7) is 0. The summed E-state index contributed by atoms with van der Waals surface area (Å²) < 4.78 is 10.7. The molecule has 29 heavy (non-hydrogen) atoms. The number of anilines is 1. The Morgan fingerprint density at radius 3 is 2.31 bits per heavy atom. The van der Waals surface area contributed by atoms with E-state index in [4.69, 9.17) is 14.5 Å². The first kappa shape index (κ1) is 18.5. The van der Waals surface area contributed by atoms with Crippen molar-refractivity contribution in [2.45, 2.75) is 0 Å². The summed E-state index contributed by atoms with van der Waals surface area (Å²) in [7, 11) is 3.22. The second-order valence-electron chi connectivity index (χ2n) is 6.49. The third kappa shape index (κ3) is 3.89. The number of aromatic nitrogens is 1. The first-order valence-electron chi connectivity index (χ1n) is 9.17. The number of amides is 1. The van der Waals surface area contributed by atoms with Gasteiger partial charge in [-0.2, -0.15) is 0 Å². The third-order valence-corrected chi connectivity index (χ3v) is 4.67. The fourth-order valence-corrected chi connectivity index (χ4v) is 3.14. The van der Waals surface area contributed by atoms with Crippen molar-refractivity contribution in [3.05, 3.63) is 84.4 Å². The maximum atomic E-state index is 12.5. The molecule has 4 aromatic rings. The van der Waals surface area contributed by atoms with E-state index in [1.807, 2.05) is 54.6 Å². The summed E-state index contributed by atoms with van der Waals surface area (Å²) in [5.74, 6) is 1.21. The smallest absolute Gasteiger partial charge is 0.255 e. The number of ether oxygens (including phenoxy) is 2. The zero-order chi connectivity index (χ0) is 20.2. The van der Waals surface area contributed by atoms with Gasteiger partial charge in [0.05, 0.1) is 25.4 Å². The van der Waals surface area contributed by atoms with Gasteiger partial charge < -0.3 is 14.8 Å². The number of hydrogen-bond donors (Lipinski definition) is 1. The number of rotatable bonds is 5. The van der Waals surface area contributed by atoms with Crippen LogP contribution in [-0.2, 0) is 0 Å². The molecule has 0 fully saturated rings. The maximum Gasteiger partial charge on any atom is 0.255 e. The zero-order valence-corrected chi connectivity index (χ0v) is 16.2. The maximum absolute atomic E-state index is 12.5. The van der Waals surface area contributed by atoms with Crippen LogP contribution < -0.4 is 14.8 Å². The van der Waals surface area contributed by atoms with Crippen molar-refractivity contribution >= 4 is 22.5 Å². The number of carbonyl (C=O) groups excluding carboxylic acids is 1. The Bertz CT molecular complexity index is 1160. The topological polar surface area (TPSA) is 60.5 Å². The number of pyridine rings is 1. The summed E-state index contributed by atoms with van der Waals surface area (Å²) in [5.41, 5.74) is 3.88. The van der Waals surface area contributed by atoms with Gasteiger partial charge in [0.2, 0.25) is 0 Å².